The molecule has 0 saturated carbocycles. The standard InChI is InChI=1S/C27H33N3O/c1-4-20-5-7-21(8-6-20)22-9-11-23(12-10-22)27(31)28-24-13-15-25(16-14-24)30-18-17-26(19-30)29(2)3/h5-16,26-28,31H,4,17-19H2,1-3H3. The zero-order chi connectivity index (χ0) is 21.8. The number of rotatable bonds is 7. The van der Waals surface area contributed by atoms with Crippen molar-refractivity contribution in [1.82, 2.24) is 4.90 Å². The predicted molar refractivity (Wildman–Crippen MR) is 131 cm³/mol. The summed E-state index contributed by atoms with van der Waals surface area (Å²) in [4.78, 5) is 4.73. The Morgan fingerprint density at radius 1 is 0.935 bits per heavy atom. The van der Waals surface area contributed by atoms with Gasteiger partial charge in [0.15, 0.2) is 6.23 Å². The van der Waals surface area contributed by atoms with Gasteiger partial charge in [0.2, 0.25) is 0 Å². The Labute approximate surface area is 186 Å². The number of benzene rings is 3. The minimum atomic E-state index is -0.743. The number of aliphatic hydroxyl groups is 1. The maximum Gasteiger partial charge on any atom is 0.150 e. The molecule has 0 aromatic heterocycles. The number of anilines is 2. The van der Waals surface area contributed by atoms with Crippen LogP contribution in [0.4, 0.5) is 11.4 Å². The quantitative estimate of drug-likeness (QED) is 0.523. The van der Waals surface area contributed by atoms with E-state index in [0.717, 1.165) is 36.3 Å². The van der Waals surface area contributed by atoms with Gasteiger partial charge in [0.05, 0.1) is 0 Å². The molecule has 4 heteroatoms. The molecular formula is C27H33N3O. The summed E-state index contributed by atoms with van der Waals surface area (Å²) in [5, 5.41) is 13.9. The zero-order valence-electron chi connectivity index (χ0n) is 18.8. The van der Waals surface area contributed by atoms with E-state index >= 15 is 0 Å². The van der Waals surface area contributed by atoms with Crippen molar-refractivity contribution in [1.29, 1.82) is 0 Å². The van der Waals surface area contributed by atoms with Crippen molar-refractivity contribution in [2.75, 3.05) is 37.4 Å². The van der Waals surface area contributed by atoms with Crippen LogP contribution >= 0.6 is 0 Å². The molecule has 3 aromatic carbocycles. The Balaban J connectivity index is 1.37. The van der Waals surface area contributed by atoms with E-state index in [-0.39, 0.29) is 0 Å². The van der Waals surface area contributed by atoms with Gasteiger partial charge in [0.25, 0.3) is 0 Å². The third-order valence-corrected chi connectivity index (χ3v) is 6.35. The molecule has 1 fully saturated rings. The van der Waals surface area contributed by atoms with Crippen molar-refractivity contribution in [3.63, 3.8) is 0 Å². The van der Waals surface area contributed by atoms with Crippen molar-refractivity contribution >= 4 is 11.4 Å². The van der Waals surface area contributed by atoms with Crippen LogP contribution in [0.3, 0.4) is 0 Å². The summed E-state index contributed by atoms with van der Waals surface area (Å²) in [5.41, 5.74) is 6.70. The van der Waals surface area contributed by atoms with Crippen LogP contribution in [0.25, 0.3) is 11.1 Å². The van der Waals surface area contributed by atoms with Crippen LogP contribution in [0.2, 0.25) is 0 Å². The number of nitrogens with zero attached hydrogens (tertiary/aromatic N) is 2. The third-order valence-electron chi connectivity index (χ3n) is 6.35. The Morgan fingerprint density at radius 3 is 2.10 bits per heavy atom. The van der Waals surface area contributed by atoms with Gasteiger partial charge in [-0.15, -0.1) is 0 Å². The van der Waals surface area contributed by atoms with Crippen LogP contribution in [0.1, 0.15) is 30.7 Å². The number of hydrogen-bond donors (Lipinski definition) is 2. The first-order chi connectivity index (χ1) is 15.0. The first-order valence-electron chi connectivity index (χ1n) is 11.2. The minimum absolute atomic E-state index is 0.618. The lowest BCUT2D eigenvalue weighted by Crippen LogP contribution is -2.31. The maximum absolute atomic E-state index is 10.7. The van der Waals surface area contributed by atoms with Crippen LogP contribution in [-0.2, 0) is 6.42 Å². The molecule has 0 bridgehead atoms. The van der Waals surface area contributed by atoms with Gasteiger partial charge in [0, 0.05) is 36.1 Å². The number of aryl methyl sites for hydroxylation is 1. The third kappa shape index (κ3) is 5.09. The fourth-order valence-corrected chi connectivity index (χ4v) is 4.20. The molecule has 1 heterocycles. The molecule has 0 aliphatic carbocycles. The molecule has 1 aliphatic rings. The van der Waals surface area contributed by atoms with E-state index in [1.165, 1.54) is 23.2 Å². The summed E-state index contributed by atoms with van der Waals surface area (Å²) in [6.45, 7) is 4.32. The number of aliphatic hydroxyl groups excluding tert-OH is 1. The molecule has 0 amide bonds. The Bertz CT molecular complexity index is 965. The summed E-state index contributed by atoms with van der Waals surface area (Å²) in [5.74, 6) is 0. The zero-order valence-corrected chi connectivity index (χ0v) is 18.8. The highest BCUT2D eigenvalue weighted by Gasteiger charge is 2.24. The van der Waals surface area contributed by atoms with Crippen molar-refractivity contribution in [3.05, 3.63) is 83.9 Å². The van der Waals surface area contributed by atoms with Gasteiger partial charge in [-0.25, -0.2) is 0 Å². The Hall–Kier alpha value is -2.82. The largest absolute Gasteiger partial charge is 0.370 e. The van der Waals surface area contributed by atoms with Crippen molar-refractivity contribution in [2.45, 2.75) is 32.0 Å². The first-order valence-corrected chi connectivity index (χ1v) is 11.2. The fraction of sp³-hybridized carbons (Fsp3) is 0.333. The molecule has 2 atom stereocenters. The van der Waals surface area contributed by atoms with E-state index in [1.54, 1.807) is 0 Å². The minimum Gasteiger partial charge on any atom is -0.370 e. The molecule has 2 N–H and O–H groups in total. The number of nitrogens with one attached hydrogen (secondary N) is 1. The topological polar surface area (TPSA) is 38.7 Å². The van der Waals surface area contributed by atoms with Crippen LogP contribution in [0, 0.1) is 0 Å². The Kier molecular flexibility index (Phi) is 6.59. The lowest BCUT2D eigenvalue weighted by Gasteiger charge is -2.22. The van der Waals surface area contributed by atoms with Gasteiger partial charge in [-0.2, -0.15) is 0 Å². The second kappa shape index (κ2) is 9.54. The molecule has 4 nitrogen and oxygen atoms in total. The van der Waals surface area contributed by atoms with E-state index < -0.39 is 6.23 Å². The average Bonchev–Trinajstić information content (AvgIpc) is 3.30. The fourth-order valence-electron chi connectivity index (χ4n) is 4.20. The highest BCUT2D eigenvalue weighted by molar-refractivity contribution is 5.64. The molecule has 4 rings (SSSR count). The molecule has 3 aromatic rings. The van der Waals surface area contributed by atoms with Crippen molar-refractivity contribution < 1.29 is 5.11 Å². The van der Waals surface area contributed by atoms with Gasteiger partial charge < -0.3 is 20.2 Å². The van der Waals surface area contributed by atoms with Gasteiger partial charge in [-0.1, -0.05) is 55.5 Å². The predicted octanol–water partition coefficient (Wildman–Crippen LogP) is 5.16. The smallest absolute Gasteiger partial charge is 0.150 e. The highest BCUT2D eigenvalue weighted by Crippen LogP contribution is 2.26. The second-order valence-corrected chi connectivity index (χ2v) is 8.62. The molecule has 1 saturated heterocycles. The summed E-state index contributed by atoms with van der Waals surface area (Å²) >= 11 is 0. The van der Waals surface area contributed by atoms with E-state index in [9.17, 15) is 5.11 Å². The molecule has 2 unspecified atom stereocenters. The molecular weight excluding hydrogens is 382 g/mol. The van der Waals surface area contributed by atoms with Crippen LogP contribution in [0.15, 0.2) is 72.8 Å². The summed E-state index contributed by atoms with van der Waals surface area (Å²) in [6.07, 6.45) is 1.50. The Morgan fingerprint density at radius 2 is 1.55 bits per heavy atom. The SMILES string of the molecule is CCc1ccc(-c2ccc(C(O)Nc3ccc(N4CCC(N(C)C)C4)cc3)cc2)cc1. The van der Waals surface area contributed by atoms with Gasteiger partial charge >= 0.3 is 0 Å². The van der Waals surface area contributed by atoms with Gasteiger partial charge in [-0.3, -0.25) is 0 Å². The number of likely N-dealkylation sites (N-methyl/N-ethyl adjacent to an activating group) is 1. The molecule has 162 valence electrons. The highest BCUT2D eigenvalue weighted by atomic mass is 16.3. The van der Waals surface area contributed by atoms with Crippen LogP contribution < -0.4 is 10.2 Å². The molecule has 0 radical (unpaired) electrons. The van der Waals surface area contributed by atoms with Gasteiger partial charge in [0.1, 0.15) is 0 Å². The lowest BCUT2D eigenvalue weighted by atomic mass is 10.0. The normalized spacial score (nSPS) is 17.2. The average molecular weight is 416 g/mol. The van der Waals surface area contributed by atoms with Crippen molar-refractivity contribution in [2.24, 2.45) is 0 Å². The van der Waals surface area contributed by atoms with Gasteiger partial charge in [-0.05, 0) is 67.9 Å². The molecule has 1 aliphatic heterocycles. The van der Waals surface area contributed by atoms with Crippen LogP contribution in [0.5, 0.6) is 0 Å². The van der Waals surface area contributed by atoms with Crippen LogP contribution in [-0.4, -0.2) is 43.2 Å². The number of hydrogen-bond acceptors (Lipinski definition) is 4. The summed E-state index contributed by atoms with van der Waals surface area (Å²) in [7, 11) is 4.30. The van der Waals surface area contributed by atoms with E-state index in [1.807, 2.05) is 24.3 Å². The van der Waals surface area contributed by atoms with Crippen molar-refractivity contribution in [3.8, 4) is 11.1 Å². The maximum atomic E-state index is 10.7. The lowest BCUT2D eigenvalue weighted by molar-refractivity contribution is 0.208. The molecule has 0 spiro atoms. The monoisotopic (exact) mass is 415 g/mol. The molecule has 31 heavy (non-hydrogen) atoms. The second-order valence-electron chi connectivity index (χ2n) is 8.62. The first kappa shape index (κ1) is 21.4. The summed E-state index contributed by atoms with van der Waals surface area (Å²) in [6, 6.07) is 25.8. The summed E-state index contributed by atoms with van der Waals surface area (Å²) < 4.78 is 0. The van der Waals surface area contributed by atoms with E-state index in [2.05, 4.69) is 84.7 Å². The van der Waals surface area contributed by atoms with E-state index in [4.69, 9.17) is 0 Å². The van der Waals surface area contributed by atoms with E-state index in [0.29, 0.717) is 6.04 Å².